The minimum Gasteiger partial charge on any atom is -0.295 e. The Morgan fingerprint density at radius 2 is 2.14 bits per heavy atom. The molecule has 0 N–H and O–H groups in total. The van der Waals surface area contributed by atoms with Crippen molar-refractivity contribution in [1.82, 2.24) is 0 Å². The van der Waals surface area contributed by atoms with Crippen LogP contribution in [0.5, 0.6) is 0 Å². The first-order valence-corrected chi connectivity index (χ1v) is 3.09. The Balaban J connectivity index is 2.78. The van der Waals surface area contributed by atoms with Crippen LogP contribution < -0.4 is 0 Å². The Morgan fingerprint density at radius 1 is 1.43 bits per heavy atom. The Bertz CT molecular complexity index is 53.7. The fourth-order valence-electron chi connectivity index (χ4n) is 0.189. The van der Waals surface area contributed by atoms with Gasteiger partial charge in [0, 0.05) is 12.1 Å². The quantitative estimate of drug-likeness (QED) is 0.416. The largest absolute Gasteiger partial charge is 0.295 e. The second kappa shape index (κ2) is 6.25. The van der Waals surface area contributed by atoms with E-state index in [1.165, 1.54) is 0 Å². The van der Waals surface area contributed by atoms with Gasteiger partial charge in [-0.1, -0.05) is 0 Å². The van der Waals surface area contributed by atoms with Gasteiger partial charge in [0.25, 0.3) is 0 Å². The van der Waals surface area contributed by atoms with Crippen LogP contribution in [-0.2, 0) is 0 Å². The van der Waals surface area contributed by atoms with Crippen LogP contribution in [0.25, 0.3) is 0 Å². The summed E-state index contributed by atoms with van der Waals surface area (Å²) >= 11 is 10.5. The van der Waals surface area contributed by atoms with Gasteiger partial charge < -0.3 is 0 Å². The van der Waals surface area contributed by atoms with Gasteiger partial charge >= 0.3 is 0 Å². The molecule has 0 unspecified atom stereocenters. The summed E-state index contributed by atoms with van der Waals surface area (Å²) < 4.78 is 0. The summed E-state index contributed by atoms with van der Waals surface area (Å²) in [5.41, 5.74) is 0. The smallest absolute Gasteiger partial charge is 0.0573 e. The summed E-state index contributed by atoms with van der Waals surface area (Å²) in [6.07, 6.45) is 1.64. The van der Waals surface area contributed by atoms with Crippen LogP contribution in [-0.4, -0.2) is 24.5 Å². The molecule has 0 rings (SSSR count). The first-order valence-electron chi connectivity index (χ1n) is 2.02. The number of rotatable bonds is 3. The molecule has 0 radical (unpaired) electrons. The van der Waals surface area contributed by atoms with Crippen molar-refractivity contribution in [1.29, 1.82) is 0 Å². The molecule has 0 bridgehead atoms. The molecule has 0 heterocycles. The van der Waals surface area contributed by atoms with Gasteiger partial charge in [-0.3, -0.25) is 4.99 Å². The molecular weight excluding hydrogens is 133 g/mol. The number of aliphatic imine (C=N–C) groups is 1. The van der Waals surface area contributed by atoms with Crippen molar-refractivity contribution in [3.05, 3.63) is 0 Å². The zero-order valence-corrected chi connectivity index (χ0v) is 5.41. The second-order valence-electron chi connectivity index (χ2n) is 0.932. The standard InChI is InChI=1S/C4H7Cl2N/c5-1-3-7-4-2-6/h3H,1-2,4H2. The van der Waals surface area contributed by atoms with Crippen LogP contribution in [0.2, 0.25) is 0 Å². The lowest BCUT2D eigenvalue weighted by molar-refractivity contribution is 1.15. The highest BCUT2D eigenvalue weighted by atomic mass is 35.5. The number of nitrogens with zero attached hydrogens (tertiary/aromatic N) is 1. The molecule has 42 valence electrons. The van der Waals surface area contributed by atoms with Gasteiger partial charge in [0.1, 0.15) is 0 Å². The van der Waals surface area contributed by atoms with E-state index in [4.69, 9.17) is 23.2 Å². The van der Waals surface area contributed by atoms with Gasteiger partial charge in [-0.2, -0.15) is 0 Å². The van der Waals surface area contributed by atoms with E-state index < -0.39 is 0 Å². The van der Waals surface area contributed by atoms with Crippen molar-refractivity contribution in [2.24, 2.45) is 4.99 Å². The van der Waals surface area contributed by atoms with E-state index in [9.17, 15) is 0 Å². The van der Waals surface area contributed by atoms with Crippen LogP contribution >= 0.6 is 23.2 Å². The van der Waals surface area contributed by atoms with E-state index in [0.29, 0.717) is 18.3 Å². The summed E-state index contributed by atoms with van der Waals surface area (Å²) in [5, 5.41) is 0. The van der Waals surface area contributed by atoms with Crippen molar-refractivity contribution in [3.8, 4) is 0 Å². The average Bonchev–Trinajstić information content (AvgIpc) is 1.69. The van der Waals surface area contributed by atoms with Gasteiger partial charge in [0.2, 0.25) is 0 Å². The fourth-order valence-corrected chi connectivity index (χ4v) is 0.384. The number of hydrogen-bond donors (Lipinski definition) is 0. The monoisotopic (exact) mass is 139 g/mol. The highest BCUT2D eigenvalue weighted by Gasteiger charge is 1.70. The molecule has 0 spiro atoms. The highest BCUT2D eigenvalue weighted by Crippen LogP contribution is 1.75. The van der Waals surface area contributed by atoms with Crippen LogP contribution in [0.3, 0.4) is 0 Å². The summed E-state index contributed by atoms with van der Waals surface area (Å²) in [6.45, 7) is 0.675. The van der Waals surface area contributed by atoms with E-state index in [-0.39, 0.29) is 0 Å². The van der Waals surface area contributed by atoms with E-state index >= 15 is 0 Å². The van der Waals surface area contributed by atoms with E-state index in [2.05, 4.69) is 4.99 Å². The van der Waals surface area contributed by atoms with Crippen molar-refractivity contribution in [2.75, 3.05) is 18.3 Å². The maximum absolute atomic E-state index is 5.28. The van der Waals surface area contributed by atoms with Gasteiger partial charge in [-0.25, -0.2) is 0 Å². The van der Waals surface area contributed by atoms with Gasteiger partial charge in [-0.05, 0) is 0 Å². The van der Waals surface area contributed by atoms with E-state index in [1.54, 1.807) is 6.21 Å². The molecule has 0 saturated carbocycles. The third-order valence-corrected chi connectivity index (χ3v) is 0.719. The van der Waals surface area contributed by atoms with Crippen LogP contribution in [0.15, 0.2) is 4.99 Å². The predicted molar refractivity (Wildman–Crippen MR) is 34.8 cm³/mol. The van der Waals surface area contributed by atoms with Gasteiger partial charge in [0.15, 0.2) is 0 Å². The lowest BCUT2D eigenvalue weighted by atomic mass is 10.7. The second-order valence-corrected chi connectivity index (χ2v) is 1.62. The molecule has 0 saturated heterocycles. The molecule has 3 heteroatoms. The van der Waals surface area contributed by atoms with Crippen molar-refractivity contribution in [3.63, 3.8) is 0 Å². The SMILES string of the molecule is ClCC=NCCCl. The molecule has 0 aliphatic heterocycles. The summed E-state index contributed by atoms with van der Waals surface area (Å²) in [4.78, 5) is 3.82. The molecule has 0 aliphatic rings. The third kappa shape index (κ3) is 6.25. The minimum absolute atomic E-state index is 0.483. The number of halogens is 2. The molecule has 7 heavy (non-hydrogen) atoms. The van der Waals surface area contributed by atoms with Crippen LogP contribution in [0, 0.1) is 0 Å². The Hall–Kier alpha value is 0.250. The predicted octanol–water partition coefficient (Wildman–Crippen LogP) is 1.53. The fraction of sp³-hybridized carbons (Fsp3) is 0.750. The first-order chi connectivity index (χ1) is 3.41. The number of alkyl halides is 2. The van der Waals surface area contributed by atoms with Crippen LogP contribution in [0.4, 0.5) is 0 Å². The molecular formula is C4H7Cl2N. The van der Waals surface area contributed by atoms with Crippen molar-refractivity contribution >= 4 is 29.4 Å². The molecule has 1 nitrogen and oxygen atoms in total. The van der Waals surface area contributed by atoms with Crippen molar-refractivity contribution < 1.29 is 0 Å². The highest BCUT2D eigenvalue weighted by molar-refractivity contribution is 6.24. The van der Waals surface area contributed by atoms with Gasteiger partial charge in [-0.15, -0.1) is 23.2 Å². The van der Waals surface area contributed by atoms with Crippen molar-refractivity contribution in [2.45, 2.75) is 0 Å². The molecule has 0 atom stereocenters. The van der Waals surface area contributed by atoms with E-state index in [0.717, 1.165) is 0 Å². The maximum atomic E-state index is 5.28. The van der Waals surface area contributed by atoms with Crippen LogP contribution in [0.1, 0.15) is 0 Å². The lowest BCUT2D eigenvalue weighted by Gasteiger charge is -1.78. The molecule has 0 aromatic heterocycles. The Morgan fingerprint density at radius 3 is 2.57 bits per heavy atom. The minimum atomic E-state index is 0.483. The van der Waals surface area contributed by atoms with Gasteiger partial charge in [0.05, 0.1) is 12.4 Å². The molecule has 0 amide bonds. The molecule has 0 aromatic rings. The molecule has 0 aliphatic carbocycles. The maximum Gasteiger partial charge on any atom is 0.0573 e. The Kier molecular flexibility index (Phi) is 6.47. The summed E-state index contributed by atoms with van der Waals surface area (Å²) in [5.74, 6) is 1.06. The number of hydrogen-bond acceptors (Lipinski definition) is 1. The summed E-state index contributed by atoms with van der Waals surface area (Å²) in [7, 11) is 0. The Labute approximate surface area is 53.3 Å². The zero-order valence-electron chi connectivity index (χ0n) is 3.90. The average molecular weight is 140 g/mol. The topological polar surface area (TPSA) is 12.4 Å². The normalized spacial score (nSPS) is 10.6. The first kappa shape index (κ1) is 7.25. The molecule has 0 fully saturated rings. The summed E-state index contributed by atoms with van der Waals surface area (Å²) in [6, 6.07) is 0. The molecule has 0 aromatic carbocycles. The lowest BCUT2D eigenvalue weighted by Crippen LogP contribution is -1.81. The third-order valence-electron chi connectivity index (χ3n) is 0.412. The zero-order chi connectivity index (χ0) is 5.54. The van der Waals surface area contributed by atoms with E-state index in [1.807, 2.05) is 0 Å².